The lowest BCUT2D eigenvalue weighted by atomic mass is 10.1. The number of nitrogen functional groups attached to an aromatic ring is 1. The summed E-state index contributed by atoms with van der Waals surface area (Å²) >= 11 is 0. The van der Waals surface area contributed by atoms with E-state index in [-0.39, 0.29) is 12.5 Å². The molecule has 1 aliphatic heterocycles. The van der Waals surface area contributed by atoms with Crippen LogP contribution in [0, 0.1) is 0 Å². The Bertz CT molecular complexity index is 1020. The van der Waals surface area contributed by atoms with Crippen LogP contribution in [0.2, 0.25) is 0 Å². The van der Waals surface area contributed by atoms with Crippen molar-refractivity contribution in [3.63, 3.8) is 0 Å². The molecule has 190 valence electrons. The fourth-order valence-corrected chi connectivity index (χ4v) is 3.67. The molecule has 1 fully saturated rings. The molecular weight excluding hydrogens is 452 g/mol. The maximum Gasteiger partial charge on any atom is 0.319 e. The molecule has 1 heterocycles. The summed E-state index contributed by atoms with van der Waals surface area (Å²) in [5.41, 5.74) is 8.10. The molecule has 1 saturated heterocycles. The zero-order chi connectivity index (χ0) is 25.2. The Labute approximate surface area is 205 Å². The van der Waals surface area contributed by atoms with E-state index in [2.05, 4.69) is 10.6 Å². The predicted octanol–water partition coefficient (Wildman–Crippen LogP) is 3.26. The van der Waals surface area contributed by atoms with E-state index in [1.54, 1.807) is 35.2 Å². The number of ether oxygens (including phenoxy) is 4. The summed E-state index contributed by atoms with van der Waals surface area (Å²) < 4.78 is 22.2. The van der Waals surface area contributed by atoms with Crippen molar-refractivity contribution in [1.29, 1.82) is 0 Å². The third-order valence-corrected chi connectivity index (χ3v) is 5.30. The van der Waals surface area contributed by atoms with Crippen LogP contribution < -0.4 is 30.6 Å². The Morgan fingerprint density at radius 3 is 2.29 bits per heavy atom. The molecule has 10 nitrogen and oxygen atoms in total. The van der Waals surface area contributed by atoms with Crippen molar-refractivity contribution in [1.82, 2.24) is 10.2 Å². The highest BCUT2D eigenvalue weighted by atomic mass is 16.5. The molecule has 1 aliphatic rings. The number of amides is 3. The van der Waals surface area contributed by atoms with Gasteiger partial charge in [0.1, 0.15) is 17.2 Å². The molecule has 2 aromatic rings. The molecule has 0 atom stereocenters. The van der Waals surface area contributed by atoms with E-state index in [4.69, 9.17) is 24.7 Å². The third kappa shape index (κ3) is 6.92. The van der Waals surface area contributed by atoms with Crippen molar-refractivity contribution in [2.45, 2.75) is 27.3 Å². The van der Waals surface area contributed by atoms with Gasteiger partial charge in [-0.15, -0.1) is 0 Å². The summed E-state index contributed by atoms with van der Waals surface area (Å²) in [5, 5.41) is 5.60. The molecule has 3 amide bonds. The quantitative estimate of drug-likeness (QED) is 0.440. The van der Waals surface area contributed by atoms with Crippen molar-refractivity contribution in [2.24, 2.45) is 0 Å². The van der Waals surface area contributed by atoms with Crippen molar-refractivity contribution in [3.8, 4) is 17.2 Å². The fraction of sp³-hybridized carbons (Fsp3) is 0.440. The highest BCUT2D eigenvalue weighted by Crippen LogP contribution is 2.31. The minimum atomic E-state index is -0.434. The molecule has 35 heavy (non-hydrogen) atoms. The Balaban J connectivity index is 1.72. The Morgan fingerprint density at radius 1 is 0.943 bits per heavy atom. The number of morpholine rings is 1. The Hall–Kier alpha value is -3.66. The van der Waals surface area contributed by atoms with Gasteiger partial charge in [0.05, 0.1) is 44.3 Å². The summed E-state index contributed by atoms with van der Waals surface area (Å²) in [6.07, 6.45) is 0. The van der Waals surface area contributed by atoms with Crippen molar-refractivity contribution in [3.05, 3.63) is 41.5 Å². The van der Waals surface area contributed by atoms with E-state index in [1.807, 2.05) is 20.8 Å². The van der Waals surface area contributed by atoms with Gasteiger partial charge < -0.3 is 40.2 Å². The van der Waals surface area contributed by atoms with E-state index in [0.29, 0.717) is 80.3 Å². The summed E-state index contributed by atoms with van der Waals surface area (Å²) in [6, 6.07) is 8.04. The van der Waals surface area contributed by atoms with Gasteiger partial charge in [0.15, 0.2) is 0 Å². The number of nitrogens with one attached hydrogen (secondary N) is 2. The van der Waals surface area contributed by atoms with Crippen LogP contribution in [-0.4, -0.2) is 63.0 Å². The van der Waals surface area contributed by atoms with Crippen LogP contribution >= 0.6 is 0 Å². The number of rotatable bonds is 10. The second kappa shape index (κ2) is 12.7. The van der Waals surface area contributed by atoms with E-state index in [1.165, 1.54) is 0 Å². The van der Waals surface area contributed by atoms with Gasteiger partial charge in [-0.25, -0.2) is 4.79 Å². The van der Waals surface area contributed by atoms with Crippen molar-refractivity contribution in [2.75, 3.05) is 57.2 Å². The van der Waals surface area contributed by atoms with Crippen molar-refractivity contribution >= 4 is 23.3 Å². The second-order valence-corrected chi connectivity index (χ2v) is 7.72. The number of nitrogens with two attached hydrogens (primary N) is 1. The molecular formula is C25H34N4O6. The summed E-state index contributed by atoms with van der Waals surface area (Å²) in [6.45, 7) is 9.15. The standard InChI is InChI=1S/C25H34N4O6/c1-4-33-21-8-7-18(14-19(21)24(30)29-9-11-32-12-10-29)28-25(31)27-16-17-13-23(35-6-3)20(26)15-22(17)34-5-2/h7-8,13-15H,4-6,9-12,16,26H2,1-3H3,(H2,27,28,31). The van der Waals surface area contributed by atoms with Crippen LogP contribution in [0.1, 0.15) is 36.7 Å². The number of hydrogen-bond acceptors (Lipinski definition) is 7. The van der Waals surface area contributed by atoms with Crippen molar-refractivity contribution < 1.29 is 28.5 Å². The molecule has 0 aromatic heterocycles. The number of hydrogen-bond donors (Lipinski definition) is 3. The smallest absolute Gasteiger partial charge is 0.319 e. The van der Waals surface area contributed by atoms with Crippen LogP contribution in [0.3, 0.4) is 0 Å². The van der Waals surface area contributed by atoms with E-state index < -0.39 is 6.03 Å². The normalized spacial score (nSPS) is 13.2. The molecule has 4 N–H and O–H groups in total. The first-order chi connectivity index (χ1) is 17.0. The van der Waals surface area contributed by atoms with Gasteiger partial charge in [0.2, 0.25) is 0 Å². The number of benzene rings is 2. The molecule has 10 heteroatoms. The van der Waals surface area contributed by atoms with Gasteiger partial charge in [-0.3, -0.25) is 4.79 Å². The third-order valence-electron chi connectivity index (χ3n) is 5.30. The minimum absolute atomic E-state index is 0.160. The lowest BCUT2D eigenvalue weighted by molar-refractivity contribution is 0.0300. The van der Waals surface area contributed by atoms with Gasteiger partial charge in [-0.2, -0.15) is 0 Å². The van der Waals surface area contributed by atoms with Gasteiger partial charge in [0, 0.05) is 37.0 Å². The minimum Gasteiger partial charge on any atom is -0.493 e. The first-order valence-corrected chi connectivity index (χ1v) is 11.8. The molecule has 0 radical (unpaired) electrons. The highest BCUT2D eigenvalue weighted by molar-refractivity contribution is 5.99. The first kappa shape index (κ1) is 26.0. The average molecular weight is 487 g/mol. The number of carbonyl (C=O) groups excluding carboxylic acids is 2. The molecule has 3 rings (SSSR count). The maximum atomic E-state index is 13.1. The first-order valence-electron chi connectivity index (χ1n) is 11.8. The molecule has 0 unspecified atom stereocenters. The van der Waals surface area contributed by atoms with Crippen LogP contribution in [0.25, 0.3) is 0 Å². The van der Waals surface area contributed by atoms with Gasteiger partial charge in [0.25, 0.3) is 5.91 Å². The number of anilines is 2. The molecule has 0 aliphatic carbocycles. The maximum absolute atomic E-state index is 13.1. The molecule has 0 bridgehead atoms. The van der Waals surface area contributed by atoms with E-state index in [9.17, 15) is 9.59 Å². The zero-order valence-corrected chi connectivity index (χ0v) is 20.5. The van der Waals surface area contributed by atoms with Crippen LogP contribution in [0.15, 0.2) is 30.3 Å². The lowest BCUT2D eigenvalue weighted by Crippen LogP contribution is -2.40. The number of nitrogens with zero attached hydrogens (tertiary/aromatic N) is 1. The monoisotopic (exact) mass is 486 g/mol. The zero-order valence-electron chi connectivity index (χ0n) is 20.5. The predicted molar refractivity (Wildman–Crippen MR) is 133 cm³/mol. The summed E-state index contributed by atoms with van der Waals surface area (Å²) in [5.74, 6) is 1.42. The fourth-order valence-electron chi connectivity index (χ4n) is 3.67. The Morgan fingerprint density at radius 2 is 1.60 bits per heavy atom. The SMILES string of the molecule is CCOc1cc(CNC(=O)Nc2ccc(OCC)c(C(=O)N3CCOCC3)c2)c(OCC)cc1N. The summed E-state index contributed by atoms with van der Waals surface area (Å²) in [7, 11) is 0. The second-order valence-electron chi connectivity index (χ2n) is 7.72. The highest BCUT2D eigenvalue weighted by Gasteiger charge is 2.22. The molecule has 0 saturated carbocycles. The lowest BCUT2D eigenvalue weighted by Gasteiger charge is -2.27. The van der Waals surface area contributed by atoms with Crippen LogP contribution in [0.5, 0.6) is 17.2 Å². The molecule has 2 aromatic carbocycles. The Kier molecular flexibility index (Phi) is 9.42. The van der Waals surface area contributed by atoms with Gasteiger partial charge in [-0.1, -0.05) is 0 Å². The topological polar surface area (TPSA) is 124 Å². The number of urea groups is 1. The number of carbonyl (C=O) groups is 2. The van der Waals surface area contributed by atoms with Crippen LogP contribution in [0.4, 0.5) is 16.2 Å². The average Bonchev–Trinajstić information content (AvgIpc) is 2.86. The van der Waals surface area contributed by atoms with E-state index >= 15 is 0 Å². The molecule has 0 spiro atoms. The van der Waals surface area contributed by atoms with Crippen LogP contribution in [-0.2, 0) is 11.3 Å². The van der Waals surface area contributed by atoms with Gasteiger partial charge in [-0.05, 0) is 45.0 Å². The summed E-state index contributed by atoms with van der Waals surface area (Å²) in [4.78, 5) is 27.5. The van der Waals surface area contributed by atoms with Gasteiger partial charge >= 0.3 is 6.03 Å². The van der Waals surface area contributed by atoms with E-state index in [0.717, 1.165) is 5.56 Å². The largest absolute Gasteiger partial charge is 0.493 e.